The molecular weight excluding hydrogens is 260 g/mol. The van der Waals surface area contributed by atoms with E-state index in [-0.39, 0.29) is 5.92 Å². The van der Waals surface area contributed by atoms with Gasteiger partial charge in [0.1, 0.15) is 16.7 Å². The molecule has 4 heteroatoms. The smallest absolute Gasteiger partial charge is 0.224 e. The van der Waals surface area contributed by atoms with Gasteiger partial charge in [0.05, 0.1) is 0 Å². The molecule has 0 unspecified atom stereocenters. The Morgan fingerprint density at radius 1 is 1.21 bits per heavy atom. The summed E-state index contributed by atoms with van der Waals surface area (Å²) >= 11 is 6.00. The number of hydrogen-bond donors (Lipinski definition) is 0. The van der Waals surface area contributed by atoms with Crippen molar-refractivity contribution in [3.63, 3.8) is 0 Å². The van der Waals surface area contributed by atoms with Crippen LogP contribution in [0.5, 0.6) is 11.6 Å². The number of hydrogen-bond acceptors (Lipinski definition) is 3. The van der Waals surface area contributed by atoms with Gasteiger partial charge in [-0.2, -0.15) is 4.98 Å². The third kappa shape index (κ3) is 3.44. The van der Waals surface area contributed by atoms with Crippen molar-refractivity contribution in [1.29, 1.82) is 0 Å². The average Bonchev–Trinajstić information content (AvgIpc) is 2.38. The van der Waals surface area contributed by atoms with E-state index in [0.717, 1.165) is 17.7 Å². The minimum absolute atomic E-state index is 0.211. The van der Waals surface area contributed by atoms with E-state index in [1.807, 2.05) is 38.1 Å². The molecule has 0 atom stereocenters. The highest BCUT2D eigenvalue weighted by Gasteiger charge is 2.10. The van der Waals surface area contributed by atoms with Gasteiger partial charge in [-0.3, -0.25) is 0 Å². The second kappa shape index (κ2) is 6.02. The normalized spacial score (nSPS) is 10.8. The lowest BCUT2D eigenvalue weighted by Crippen LogP contribution is -2.00. The molecule has 1 aromatic heterocycles. The van der Waals surface area contributed by atoms with Crippen LogP contribution >= 0.6 is 11.6 Å². The van der Waals surface area contributed by atoms with Crippen molar-refractivity contribution in [2.75, 3.05) is 0 Å². The molecule has 0 aliphatic carbocycles. The van der Waals surface area contributed by atoms with E-state index in [1.165, 1.54) is 0 Å². The van der Waals surface area contributed by atoms with Crippen LogP contribution in [0, 0.1) is 0 Å². The third-order valence-corrected chi connectivity index (χ3v) is 2.97. The van der Waals surface area contributed by atoms with Crippen molar-refractivity contribution in [3.05, 3.63) is 46.9 Å². The highest BCUT2D eigenvalue weighted by Crippen LogP contribution is 2.26. The molecule has 0 spiro atoms. The SMILES string of the molecule is CCc1ccccc1Oc1cc(Cl)nc(C(C)C)n1. The van der Waals surface area contributed by atoms with Crippen LogP contribution in [0.4, 0.5) is 0 Å². The van der Waals surface area contributed by atoms with Crippen molar-refractivity contribution >= 4 is 11.6 Å². The maximum Gasteiger partial charge on any atom is 0.224 e. The van der Waals surface area contributed by atoms with Gasteiger partial charge in [0, 0.05) is 12.0 Å². The van der Waals surface area contributed by atoms with E-state index in [4.69, 9.17) is 16.3 Å². The van der Waals surface area contributed by atoms with E-state index >= 15 is 0 Å². The molecule has 0 saturated carbocycles. The Morgan fingerprint density at radius 2 is 1.95 bits per heavy atom. The number of aromatic nitrogens is 2. The van der Waals surface area contributed by atoms with Crippen LogP contribution in [0.25, 0.3) is 0 Å². The maximum absolute atomic E-state index is 6.00. The Kier molecular flexibility index (Phi) is 4.38. The molecule has 0 fully saturated rings. The molecule has 2 rings (SSSR count). The minimum Gasteiger partial charge on any atom is -0.439 e. The quantitative estimate of drug-likeness (QED) is 0.765. The van der Waals surface area contributed by atoms with Gasteiger partial charge in [0.25, 0.3) is 0 Å². The fraction of sp³-hybridized carbons (Fsp3) is 0.333. The summed E-state index contributed by atoms with van der Waals surface area (Å²) in [6, 6.07) is 9.56. The van der Waals surface area contributed by atoms with Gasteiger partial charge >= 0.3 is 0 Å². The second-order valence-electron chi connectivity index (χ2n) is 4.61. The van der Waals surface area contributed by atoms with Gasteiger partial charge in [-0.05, 0) is 18.1 Å². The zero-order chi connectivity index (χ0) is 13.8. The Hall–Kier alpha value is -1.61. The van der Waals surface area contributed by atoms with Gasteiger partial charge in [-0.15, -0.1) is 0 Å². The number of ether oxygens (including phenoxy) is 1. The molecule has 0 amide bonds. The molecule has 0 radical (unpaired) electrons. The fourth-order valence-electron chi connectivity index (χ4n) is 1.73. The first kappa shape index (κ1) is 13.8. The standard InChI is InChI=1S/C15H17ClN2O/c1-4-11-7-5-6-8-12(11)19-14-9-13(16)17-15(18-14)10(2)3/h5-10H,4H2,1-3H3. The summed E-state index contributed by atoms with van der Waals surface area (Å²) < 4.78 is 5.84. The molecule has 19 heavy (non-hydrogen) atoms. The van der Waals surface area contributed by atoms with Crippen molar-refractivity contribution in [1.82, 2.24) is 9.97 Å². The highest BCUT2D eigenvalue weighted by molar-refractivity contribution is 6.29. The molecule has 0 bridgehead atoms. The van der Waals surface area contributed by atoms with E-state index < -0.39 is 0 Å². The van der Waals surface area contributed by atoms with Gasteiger partial charge in [0.2, 0.25) is 5.88 Å². The molecule has 0 saturated heterocycles. The second-order valence-corrected chi connectivity index (χ2v) is 4.99. The van der Waals surface area contributed by atoms with Crippen molar-refractivity contribution < 1.29 is 4.74 Å². The van der Waals surface area contributed by atoms with Crippen LogP contribution < -0.4 is 4.74 Å². The predicted octanol–water partition coefficient (Wildman–Crippen LogP) is 4.61. The summed E-state index contributed by atoms with van der Waals surface area (Å²) in [6.07, 6.45) is 0.909. The number of rotatable bonds is 4. The molecule has 1 heterocycles. The van der Waals surface area contributed by atoms with Gasteiger partial charge in [-0.1, -0.05) is 50.6 Å². The topological polar surface area (TPSA) is 35.0 Å². The lowest BCUT2D eigenvalue weighted by Gasteiger charge is -2.11. The van der Waals surface area contributed by atoms with Gasteiger partial charge < -0.3 is 4.74 Å². The number of aryl methyl sites for hydroxylation is 1. The minimum atomic E-state index is 0.211. The van der Waals surface area contributed by atoms with Gasteiger partial charge in [-0.25, -0.2) is 4.98 Å². The van der Waals surface area contributed by atoms with E-state index in [9.17, 15) is 0 Å². The number of nitrogens with zero attached hydrogens (tertiary/aromatic N) is 2. The van der Waals surface area contributed by atoms with Crippen LogP contribution in [0.3, 0.4) is 0 Å². The van der Waals surface area contributed by atoms with Crippen molar-refractivity contribution in [2.45, 2.75) is 33.1 Å². The van der Waals surface area contributed by atoms with Crippen molar-refractivity contribution in [2.24, 2.45) is 0 Å². The molecule has 2 aromatic rings. The summed E-state index contributed by atoms with van der Waals surface area (Å²) in [7, 11) is 0. The van der Waals surface area contributed by atoms with Crippen LogP contribution in [-0.2, 0) is 6.42 Å². The van der Waals surface area contributed by atoms with Crippen molar-refractivity contribution in [3.8, 4) is 11.6 Å². The molecule has 0 N–H and O–H groups in total. The third-order valence-electron chi connectivity index (χ3n) is 2.77. The molecule has 100 valence electrons. The Morgan fingerprint density at radius 3 is 2.63 bits per heavy atom. The lowest BCUT2D eigenvalue weighted by molar-refractivity contribution is 0.452. The molecule has 1 aromatic carbocycles. The summed E-state index contributed by atoms with van der Waals surface area (Å²) in [4.78, 5) is 8.58. The Labute approximate surface area is 118 Å². The maximum atomic E-state index is 6.00. The first-order valence-electron chi connectivity index (χ1n) is 6.40. The number of benzene rings is 1. The largest absolute Gasteiger partial charge is 0.439 e. The monoisotopic (exact) mass is 276 g/mol. The fourth-order valence-corrected chi connectivity index (χ4v) is 1.91. The van der Waals surface area contributed by atoms with Gasteiger partial charge in [0.15, 0.2) is 0 Å². The predicted molar refractivity (Wildman–Crippen MR) is 77.0 cm³/mol. The summed E-state index contributed by atoms with van der Waals surface area (Å²) in [5, 5.41) is 0.405. The molecular formula is C15H17ClN2O. The van der Waals surface area contributed by atoms with Crippen LogP contribution in [0.1, 0.15) is 38.1 Å². The zero-order valence-electron chi connectivity index (χ0n) is 11.4. The lowest BCUT2D eigenvalue weighted by atomic mass is 10.1. The van der Waals surface area contributed by atoms with Crippen LogP contribution in [0.15, 0.2) is 30.3 Å². The van der Waals surface area contributed by atoms with E-state index in [2.05, 4.69) is 16.9 Å². The Balaban J connectivity index is 2.32. The molecule has 0 aliphatic heterocycles. The average molecular weight is 277 g/mol. The van der Waals surface area contributed by atoms with Crippen LogP contribution in [0.2, 0.25) is 5.15 Å². The summed E-state index contributed by atoms with van der Waals surface area (Å²) in [5.74, 6) is 2.21. The Bertz CT molecular complexity index is 570. The number of halogens is 1. The molecule has 3 nitrogen and oxygen atoms in total. The van der Waals surface area contributed by atoms with E-state index in [1.54, 1.807) is 6.07 Å². The first-order chi connectivity index (χ1) is 9.10. The number of para-hydroxylation sites is 1. The zero-order valence-corrected chi connectivity index (χ0v) is 12.1. The molecule has 0 aliphatic rings. The first-order valence-corrected chi connectivity index (χ1v) is 6.78. The van der Waals surface area contributed by atoms with E-state index in [0.29, 0.717) is 16.9 Å². The van der Waals surface area contributed by atoms with Crippen LogP contribution in [-0.4, -0.2) is 9.97 Å². The highest BCUT2D eigenvalue weighted by atomic mass is 35.5. The summed E-state index contributed by atoms with van der Waals surface area (Å²) in [5.41, 5.74) is 1.14. The summed E-state index contributed by atoms with van der Waals surface area (Å²) in [6.45, 7) is 6.14.